The molecule has 156 valence electrons. The molecule has 2 aromatic rings. The molecule has 1 heterocycles. The molecule has 0 fully saturated rings. The standard InChI is InChI=1S/C21H26N2O5S/c1-3-29(25,26)23(18-9-10-19-20(13-18)28-12-11-27-19)15-21(24)22-14-16(2)17-7-5-4-6-8-17/h4-10,13,16H,3,11-12,14-15H2,1-2H3,(H,22,24)/t16-/m0/s1. The van der Waals surface area contributed by atoms with Crippen LogP contribution in [0.1, 0.15) is 25.3 Å². The van der Waals surface area contributed by atoms with E-state index in [9.17, 15) is 13.2 Å². The summed E-state index contributed by atoms with van der Waals surface area (Å²) in [4.78, 5) is 12.5. The van der Waals surface area contributed by atoms with Crippen LogP contribution in [-0.4, -0.2) is 46.4 Å². The predicted octanol–water partition coefficient (Wildman–Crippen LogP) is 2.53. The number of benzene rings is 2. The molecule has 2 aromatic carbocycles. The van der Waals surface area contributed by atoms with Gasteiger partial charge in [0.1, 0.15) is 19.8 Å². The van der Waals surface area contributed by atoms with Crippen LogP contribution >= 0.6 is 0 Å². The van der Waals surface area contributed by atoms with Gasteiger partial charge in [0.25, 0.3) is 0 Å². The van der Waals surface area contributed by atoms with Crippen molar-refractivity contribution in [2.45, 2.75) is 19.8 Å². The molecule has 0 aliphatic carbocycles. The Kier molecular flexibility index (Phi) is 6.64. The van der Waals surface area contributed by atoms with E-state index in [-0.39, 0.29) is 24.1 Å². The first-order chi connectivity index (χ1) is 13.9. The first-order valence-electron chi connectivity index (χ1n) is 9.62. The van der Waals surface area contributed by atoms with E-state index in [2.05, 4.69) is 5.32 Å². The molecule has 8 heteroatoms. The van der Waals surface area contributed by atoms with Gasteiger partial charge in [-0.1, -0.05) is 37.3 Å². The fraction of sp³-hybridized carbons (Fsp3) is 0.381. The fourth-order valence-corrected chi connectivity index (χ4v) is 4.11. The van der Waals surface area contributed by atoms with Crippen molar-refractivity contribution >= 4 is 21.6 Å². The Morgan fingerprint density at radius 2 is 1.79 bits per heavy atom. The zero-order chi connectivity index (χ0) is 20.9. The van der Waals surface area contributed by atoms with Crippen LogP contribution in [0.2, 0.25) is 0 Å². The van der Waals surface area contributed by atoms with Crippen molar-refractivity contribution in [3.63, 3.8) is 0 Å². The fourth-order valence-electron chi connectivity index (χ4n) is 3.05. The zero-order valence-electron chi connectivity index (χ0n) is 16.6. The summed E-state index contributed by atoms with van der Waals surface area (Å²) in [5.41, 5.74) is 1.49. The first-order valence-corrected chi connectivity index (χ1v) is 11.2. The summed E-state index contributed by atoms with van der Waals surface area (Å²) in [6.07, 6.45) is 0. The van der Waals surface area contributed by atoms with Crippen molar-refractivity contribution in [2.75, 3.05) is 36.4 Å². The maximum atomic E-state index is 12.6. The Bertz CT molecular complexity index is 947. The van der Waals surface area contributed by atoms with Crippen molar-refractivity contribution in [1.82, 2.24) is 5.32 Å². The van der Waals surface area contributed by atoms with Crippen LogP contribution in [0.3, 0.4) is 0 Å². The van der Waals surface area contributed by atoms with Gasteiger partial charge in [0.15, 0.2) is 11.5 Å². The molecule has 1 aliphatic heterocycles. The molecule has 1 N–H and O–H groups in total. The summed E-state index contributed by atoms with van der Waals surface area (Å²) >= 11 is 0. The predicted molar refractivity (Wildman–Crippen MR) is 112 cm³/mol. The molecular weight excluding hydrogens is 392 g/mol. The summed E-state index contributed by atoms with van der Waals surface area (Å²) in [6, 6.07) is 14.7. The van der Waals surface area contributed by atoms with Gasteiger partial charge in [0.05, 0.1) is 11.4 Å². The molecule has 1 amide bonds. The topological polar surface area (TPSA) is 84.9 Å². The molecule has 0 radical (unpaired) electrons. The number of sulfonamides is 1. The van der Waals surface area contributed by atoms with Gasteiger partial charge in [0.2, 0.25) is 15.9 Å². The molecule has 7 nitrogen and oxygen atoms in total. The molecular formula is C21H26N2O5S. The third-order valence-corrected chi connectivity index (χ3v) is 6.52. The van der Waals surface area contributed by atoms with Gasteiger partial charge < -0.3 is 14.8 Å². The van der Waals surface area contributed by atoms with Crippen LogP contribution in [0.4, 0.5) is 5.69 Å². The van der Waals surface area contributed by atoms with E-state index in [1.165, 1.54) is 0 Å². The number of nitrogens with one attached hydrogen (secondary N) is 1. The Balaban J connectivity index is 1.72. The number of amides is 1. The van der Waals surface area contributed by atoms with Crippen LogP contribution in [0.5, 0.6) is 11.5 Å². The summed E-state index contributed by atoms with van der Waals surface area (Å²) in [5, 5.41) is 2.84. The van der Waals surface area contributed by atoms with E-state index in [0.717, 1.165) is 9.87 Å². The van der Waals surface area contributed by atoms with Crippen molar-refractivity contribution < 1.29 is 22.7 Å². The number of rotatable bonds is 8. The van der Waals surface area contributed by atoms with Crippen LogP contribution in [0.15, 0.2) is 48.5 Å². The second kappa shape index (κ2) is 9.17. The van der Waals surface area contributed by atoms with Crippen LogP contribution < -0.4 is 19.1 Å². The van der Waals surface area contributed by atoms with Gasteiger partial charge in [-0.3, -0.25) is 9.10 Å². The second-order valence-electron chi connectivity index (χ2n) is 6.85. The van der Waals surface area contributed by atoms with Crippen molar-refractivity contribution in [3.05, 3.63) is 54.1 Å². The smallest absolute Gasteiger partial charge is 0.240 e. The third kappa shape index (κ3) is 5.20. The third-order valence-electron chi connectivity index (χ3n) is 4.78. The van der Waals surface area contributed by atoms with Crippen molar-refractivity contribution in [3.8, 4) is 11.5 Å². The molecule has 1 aliphatic rings. The lowest BCUT2D eigenvalue weighted by atomic mass is 10.0. The number of fused-ring (bicyclic) bond motifs is 1. The Labute approximate surface area is 171 Å². The highest BCUT2D eigenvalue weighted by atomic mass is 32.2. The van der Waals surface area contributed by atoms with Crippen LogP contribution in [0, 0.1) is 0 Å². The second-order valence-corrected chi connectivity index (χ2v) is 9.03. The van der Waals surface area contributed by atoms with Gasteiger partial charge in [-0.05, 0) is 30.5 Å². The van der Waals surface area contributed by atoms with Crippen molar-refractivity contribution in [1.29, 1.82) is 0 Å². The van der Waals surface area contributed by atoms with E-state index >= 15 is 0 Å². The lowest BCUT2D eigenvalue weighted by Gasteiger charge is -2.26. The number of anilines is 1. The highest BCUT2D eigenvalue weighted by Gasteiger charge is 2.25. The maximum Gasteiger partial charge on any atom is 0.240 e. The van der Waals surface area contributed by atoms with Gasteiger partial charge in [0, 0.05) is 12.6 Å². The van der Waals surface area contributed by atoms with E-state index in [1.807, 2.05) is 37.3 Å². The maximum absolute atomic E-state index is 12.6. The monoisotopic (exact) mass is 418 g/mol. The van der Waals surface area contributed by atoms with E-state index in [0.29, 0.717) is 36.9 Å². The van der Waals surface area contributed by atoms with Crippen molar-refractivity contribution in [2.24, 2.45) is 0 Å². The molecule has 0 bridgehead atoms. The summed E-state index contributed by atoms with van der Waals surface area (Å²) in [6.45, 7) is 4.54. The number of nitrogens with zero attached hydrogens (tertiary/aromatic N) is 1. The molecule has 29 heavy (non-hydrogen) atoms. The summed E-state index contributed by atoms with van der Waals surface area (Å²) < 4.78 is 37.4. The molecule has 3 rings (SSSR count). The normalized spacial score (nSPS) is 14.1. The molecule has 0 saturated heterocycles. The average Bonchev–Trinajstić information content (AvgIpc) is 2.76. The molecule has 1 atom stereocenters. The molecule has 0 unspecified atom stereocenters. The number of ether oxygens (including phenoxy) is 2. The van der Waals surface area contributed by atoms with E-state index < -0.39 is 10.0 Å². The van der Waals surface area contributed by atoms with Crippen LogP contribution in [0.25, 0.3) is 0 Å². The number of hydrogen-bond acceptors (Lipinski definition) is 5. The van der Waals surface area contributed by atoms with Gasteiger partial charge in [-0.25, -0.2) is 8.42 Å². The lowest BCUT2D eigenvalue weighted by Crippen LogP contribution is -2.42. The van der Waals surface area contributed by atoms with E-state index in [4.69, 9.17) is 9.47 Å². The SMILES string of the molecule is CCS(=O)(=O)N(CC(=O)NC[C@H](C)c1ccccc1)c1ccc2c(c1)OCCO2. The highest BCUT2D eigenvalue weighted by molar-refractivity contribution is 7.92. The largest absolute Gasteiger partial charge is 0.486 e. The molecule has 0 saturated carbocycles. The first kappa shape index (κ1) is 21.0. The van der Waals surface area contributed by atoms with E-state index in [1.54, 1.807) is 25.1 Å². The quantitative estimate of drug-likeness (QED) is 0.712. The Morgan fingerprint density at radius 3 is 2.48 bits per heavy atom. The lowest BCUT2D eigenvalue weighted by molar-refractivity contribution is -0.119. The number of carbonyl (C=O) groups is 1. The minimum Gasteiger partial charge on any atom is -0.486 e. The summed E-state index contributed by atoms with van der Waals surface area (Å²) in [7, 11) is -3.65. The minimum atomic E-state index is -3.65. The summed E-state index contributed by atoms with van der Waals surface area (Å²) in [5.74, 6) is 0.679. The van der Waals surface area contributed by atoms with Gasteiger partial charge in [-0.15, -0.1) is 0 Å². The van der Waals surface area contributed by atoms with Gasteiger partial charge in [-0.2, -0.15) is 0 Å². The minimum absolute atomic E-state index is 0.116. The molecule has 0 spiro atoms. The zero-order valence-corrected chi connectivity index (χ0v) is 17.4. The highest BCUT2D eigenvalue weighted by Crippen LogP contribution is 2.34. The molecule has 0 aromatic heterocycles. The Morgan fingerprint density at radius 1 is 1.10 bits per heavy atom. The van der Waals surface area contributed by atoms with Crippen LogP contribution in [-0.2, 0) is 14.8 Å². The average molecular weight is 419 g/mol. The number of carbonyl (C=O) groups excluding carboxylic acids is 1. The van der Waals surface area contributed by atoms with Gasteiger partial charge >= 0.3 is 0 Å². The number of hydrogen-bond donors (Lipinski definition) is 1. The Hall–Kier alpha value is -2.74.